The number of Topliss-reactive ketones (excluding diaryl/α,β-unsaturated/α-hetero) is 1. The molecule has 0 spiro atoms. The van der Waals surface area contributed by atoms with Gasteiger partial charge in [0.25, 0.3) is 0 Å². The van der Waals surface area contributed by atoms with Crippen molar-refractivity contribution in [1.82, 2.24) is 0 Å². The number of ether oxygens (including phenoxy) is 3. The summed E-state index contributed by atoms with van der Waals surface area (Å²) in [5.41, 5.74) is 1.44. The lowest BCUT2D eigenvalue weighted by Crippen LogP contribution is -2.12. The summed E-state index contributed by atoms with van der Waals surface area (Å²) in [5.74, 6) is -1.46. The Hall–Kier alpha value is -3.35. The number of benzene rings is 2. The third-order valence-corrected chi connectivity index (χ3v) is 7.80. The molecule has 0 aliphatic heterocycles. The number of hydrogen-bond acceptors (Lipinski definition) is 8. The molecule has 0 radical (unpaired) electrons. The van der Waals surface area contributed by atoms with E-state index in [1.165, 1.54) is 6.08 Å². The van der Waals surface area contributed by atoms with Crippen molar-refractivity contribution in [1.29, 1.82) is 5.26 Å². The summed E-state index contributed by atoms with van der Waals surface area (Å²) in [6.07, 6.45) is 1.06. The fourth-order valence-corrected chi connectivity index (χ4v) is 5.37. The van der Waals surface area contributed by atoms with Crippen LogP contribution in [0.15, 0.2) is 42.0 Å². The first kappa shape index (κ1) is 31.2. The minimum atomic E-state index is -0.662. The molecule has 0 aliphatic carbocycles. The van der Waals surface area contributed by atoms with Gasteiger partial charge in [-0.2, -0.15) is 5.26 Å². The zero-order chi connectivity index (χ0) is 29.4. The molecule has 0 amide bonds. The van der Waals surface area contributed by atoms with Crippen LogP contribution in [0.2, 0.25) is 15.1 Å². The van der Waals surface area contributed by atoms with Crippen molar-refractivity contribution in [2.75, 3.05) is 13.2 Å². The van der Waals surface area contributed by atoms with Gasteiger partial charge in [-0.25, -0.2) is 9.59 Å². The quantitative estimate of drug-likeness (QED) is 0.123. The molecule has 0 bridgehead atoms. The molecule has 0 unspecified atom stereocenters. The van der Waals surface area contributed by atoms with Gasteiger partial charge in [0.05, 0.1) is 34.4 Å². The number of hydrogen-bond donors (Lipinski definition) is 0. The van der Waals surface area contributed by atoms with Crippen LogP contribution in [-0.4, -0.2) is 30.9 Å². The molecule has 0 saturated heterocycles. The SMILES string of the molecule is CCOC(=O)c1sc(CC(=O)/C(C#N)=C/c2cc(Cl)ccc2OCc2ccc(Cl)c(Cl)c2)c(C(=O)OCC)c1C. The van der Waals surface area contributed by atoms with Crippen LogP contribution in [-0.2, 0) is 27.3 Å². The van der Waals surface area contributed by atoms with Gasteiger partial charge in [0.2, 0.25) is 0 Å². The number of rotatable bonds is 11. The zero-order valence-electron chi connectivity index (χ0n) is 21.8. The van der Waals surface area contributed by atoms with Gasteiger partial charge in [0.1, 0.15) is 23.3 Å². The zero-order valence-corrected chi connectivity index (χ0v) is 24.9. The van der Waals surface area contributed by atoms with E-state index in [4.69, 9.17) is 49.0 Å². The molecule has 11 heteroatoms. The minimum absolute atomic E-state index is 0.110. The average Bonchev–Trinajstić information content (AvgIpc) is 3.24. The van der Waals surface area contributed by atoms with E-state index in [1.807, 2.05) is 6.07 Å². The molecule has 208 valence electrons. The Kier molecular flexibility index (Phi) is 11.2. The van der Waals surface area contributed by atoms with Crippen LogP contribution in [0.4, 0.5) is 0 Å². The highest BCUT2D eigenvalue weighted by molar-refractivity contribution is 7.14. The molecule has 2 aromatic carbocycles. The van der Waals surface area contributed by atoms with Crippen LogP contribution < -0.4 is 4.74 Å². The highest BCUT2D eigenvalue weighted by Crippen LogP contribution is 2.32. The van der Waals surface area contributed by atoms with Crippen molar-refractivity contribution in [2.45, 2.75) is 33.8 Å². The second kappa shape index (κ2) is 14.3. The maximum absolute atomic E-state index is 13.3. The van der Waals surface area contributed by atoms with Crippen LogP contribution in [0.5, 0.6) is 5.75 Å². The average molecular weight is 621 g/mol. The van der Waals surface area contributed by atoms with E-state index in [0.717, 1.165) is 16.9 Å². The van der Waals surface area contributed by atoms with E-state index >= 15 is 0 Å². The molecule has 1 heterocycles. The summed E-state index contributed by atoms with van der Waals surface area (Å²) in [6.45, 7) is 5.31. The third kappa shape index (κ3) is 7.64. The van der Waals surface area contributed by atoms with Gasteiger partial charge in [0, 0.05) is 21.9 Å². The summed E-state index contributed by atoms with van der Waals surface area (Å²) >= 11 is 19.2. The molecule has 1 aromatic heterocycles. The first-order valence-electron chi connectivity index (χ1n) is 12.1. The van der Waals surface area contributed by atoms with E-state index < -0.39 is 17.7 Å². The van der Waals surface area contributed by atoms with Crippen molar-refractivity contribution < 1.29 is 28.6 Å². The molecule has 0 atom stereocenters. The summed E-state index contributed by atoms with van der Waals surface area (Å²) < 4.78 is 16.2. The molecule has 0 aliphatic rings. The second-order valence-corrected chi connectivity index (χ2v) is 10.6. The standard InChI is InChI=1S/C29H24Cl3NO6S/c1-4-37-28(35)26-16(3)27(29(36)38-5-2)40-25(26)13-23(34)19(14-33)11-18-12-20(30)7-9-24(18)39-15-17-6-8-21(31)22(32)10-17/h6-12H,4-5,13,15H2,1-3H3/b19-11+. The molecular formula is C29H24Cl3NO6S. The Bertz CT molecular complexity index is 1520. The number of ketones is 1. The number of nitrogens with zero attached hydrogens (tertiary/aromatic N) is 1. The van der Waals surface area contributed by atoms with E-state index in [0.29, 0.717) is 36.8 Å². The van der Waals surface area contributed by atoms with Gasteiger partial charge < -0.3 is 14.2 Å². The van der Waals surface area contributed by atoms with Crippen molar-refractivity contribution in [3.63, 3.8) is 0 Å². The maximum Gasteiger partial charge on any atom is 0.348 e. The smallest absolute Gasteiger partial charge is 0.348 e. The molecule has 0 N–H and O–H groups in total. The van der Waals surface area contributed by atoms with Gasteiger partial charge in [-0.15, -0.1) is 11.3 Å². The molecule has 7 nitrogen and oxygen atoms in total. The van der Waals surface area contributed by atoms with E-state index in [2.05, 4.69) is 0 Å². The summed E-state index contributed by atoms with van der Waals surface area (Å²) in [4.78, 5) is 38.9. The molecule has 3 rings (SSSR count). The fourth-order valence-electron chi connectivity index (χ4n) is 3.69. The number of esters is 2. The monoisotopic (exact) mass is 619 g/mol. The van der Waals surface area contributed by atoms with Crippen LogP contribution >= 0.6 is 46.1 Å². The van der Waals surface area contributed by atoms with Gasteiger partial charge >= 0.3 is 11.9 Å². The number of halogens is 3. The largest absolute Gasteiger partial charge is 0.488 e. The van der Waals surface area contributed by atoms with Gasteiger partial charge in [0.15, 0.2) is 5.78 Å². The Morgan fingerprint density at radius 3 is 2.33 bits per heavy atom. The van der Waals surface area contributed by atoms with Crippen molar-refractivity contribution in [3.05, 3.63) is 89.0 Å². The number of allylic oxidation sites excluding steroid dienone is 1. The van der Waals surface area contributed by atoms with Crippen molar-refractivity contribution in [2.24, 2.45) is 0 Å². The first-order chi connectivity index (χ1) is 19.1. The molecule has 40 heavy (non-hydrogen) atoms. The number of carbonyl (C=O) groups is 3. The van der Waals surface area contributed by atoms with Crippen molar-refractivity contribution in [3.8, 4) is 11.8 Å². The lowest BCUT2D eigenvalue weighted by Gasteiger charge is -2.11. The Morgan fingerprint density at radius 2 is 1.68 bits per heavy atom. The van der Waals surface area contributed by atoms with E-state index in [9.17, 15) is 19.6 Å². The molecule has 0 saturated carbocycles. The summed E-state index contributed by atoms with van der Waals surface area (Å²) in [5, 5.41) is 11.0. The molecule has 0 fully saturated rings. The van der Waals surface area contributed by atoms with Crippen LogP contribution in [0, 0.1) is 18.3 Å². The Labute approximate surface area is 250 Å². The maximum atomic E-state index is 13.3. The lowest BCUT2D eigenvalue weighted by atomic mass is 10.0. The summed E-state index contributed by atoms with van der Waals surface area (Å²) in [7, 11) is 0. The van der Waals surface area contributed by atoms with Gasteiger partial charge in [-0.1, -0.05) is 40.9 Å². The third-order valence-electron chi connectivity index (χ3n) is 5.55. The van der Waals surface area contributed by atoms with Crippen LogP contribution in [0.25, 0.3) is 6.08 Å². The van der Waals surface area contributed by atoms with E-state index in [-0.39, 0.29) is 42.3 Å². The van der Waals surface area contributed by atoms with Crippen LogP contribution in [0.1, 0.15) is 55.4 Å². The Balaban J connectivity index is 1.93. The summed E-state index contributed by atoms with van der Waals surface area (Å²) in [6, 6.07) is 11.8. The topological polar surface area (TPSA) is 103 Å². The number of thiophene rings is 1. The number of nitriles is 1. The number of carbonyl (C=O) groups excluding carboxylic acids is 3. The lowest BCUT2D eigenvalue weighted by molar-refractivity contribution is -0.114. The molecular weight excluding hydrogens is 597 g/mol. The van der Waals surface area contributed by atoms with Crippen LogP contribution in [0.3, 0.4) is 0 Å². The second-order valence-electron chi connectivity index (χ2n) is 8.28. The Morgan fingerprint density at radius 1 is 0.975 bits per heavy atom. The van der Waals surface area contributed by atoms with Gasteiger partial charge in [-0.3, -0.25) is 4.79 Å². The normalized spacial score (nSPS) is 11.1. The van der Waals surface area contributed by atoms with Gasteiger partial charge in [-0.05, 0) is 68.3 Å². The molecule has 3 aromatic rings. The predicted octanol–water partition coefficient (Wildman–Crippen LogP) is 7.67. The minimum Gasteiger partial charge on any atom is -0.488 e. The highest BCUT2D eigenvalue weighted by Gasteiger charge is 2.28. The fraction of sp³-hybridized carbons (Fsp3) is 0.241. The van der Waals surface area contributed by atoms with Crippen molar-refractivity contribution >= 4 is 69.9 Å². The highest BCUT2D eigenvalue weighted by atomic mass is 35.5. The van der Waals surface area contributed by atoms with E-state index in [1.54, 1.807) is 57.2 Å². The predicted molar refractivity (Wildman–Crippen MR) is 156 cm³/mol. The first-order valence-corrected chi connectivity index (χ1v) is 14.0.